The van der Waals surface area contributed by atoms with E-state index >= 15 is 0 Å². The van der Waals surface area contributed by atoms with Gasteiger partial charge in [-0.3, -0.25) is 0 Å². The summed E-state index contributed by atoms with van der Waals surface area (Å²) < 4.78 is 0. The highest BCUT2D eigenvalue weighted by atomic mass is 16.3. The maximum atomic E-state index is 8.99. The zero-order valence-corrected chi connectivity index (χ0v) is 10.2. The second kappa shape index (κ2) is 4.46. The first-order valence-corrected chi connectivity index (χ1v) is 6.11. The summed E-state index contributed by atoms with van der Waals surface area (Å²) in [4.78, 5) is 0. The number of hydrogen-bond acceptors (Lipinski definition) is 2. The molecular formula is C14H21NO. The monoisotopic (exact) mass is 219 g/mol. The molecule has 0 fully saturated rings. The molecule has 1 aromatic rings. The lowest BCUT2D eigenvalue weighted by Gasteiger charge is -2.27. The lowest BCUT2D eigenvalue weighted by Crippen LogP contribution is -2.31. The number of benzene rings is 1. The summed E-state index contributed by atoms with van der Waals surface area (Å²) in [5.41, 5.74) is 4.14. The van der Waals surface area contributed by atoms with Crippen LogP contribution >= 0.6 is 0 Å². The Hall–Kier alpha value is -1.02. The number of nitrogens with one attached hydrogen (secondary N) is 1. The van der Waals surface area contributed by atoms with Gasteiger partial charge in [0.15, 0.2) is 0 Å². The molecule has 0 saturated carbocycles. The van der Waals surface area contributed by atoms with E-state index in [1.54, 1.807) is 0 Å². The van der Waals surface area contributed by atoms with E-state index in [0.29, 0.717) is 0 Å². The molecular weight excluding hydrogens is 198 g/mol. The van der Waals surface area contributed by atoms with E-state index in [-0.39, 0.29) is 12.1 Å². The Morgan fingerprint density at radius 3 is 2.75 bits per heavy atom. The number of rotatable bonds is 4. The summed E-state index contributed by atoms with van der Waals surface area (Å²) in [6.07, 6.45) is 4.50. The zero-order valence-electron chi connectivity index (χ0n) is 10.2. The molecule has 0 saturated heterocycles. The summed E-state index contributed by atoms with van der Waals surface area (Å²) in [7, 11) is 0. The van der Waals surface area contributed by atoms with Gasteiger partial charge in [-0.25, -0.2) is 0 Å². The molecule has 1 aliphatic rings. The third-order valence-electron chi connectivity index (χ3n) is 3.32. The average molecular weight is 219 g/mol. The van der Waals surface area contributed by atoms with Crippen LogP contribution in [0.2, 0.25) is 0 Å². The summed E-state index contributed by atoms with van der Waals surface area (Å²) in [6, 6.07) is 6.66. The maximum Gasteiger partial charge on any atom is 0.0453 e. The first-order valence-electron chi connectivity index (χ1n) is 6.11. The molecule has 2 N–H and O–H groups in total. The van der Waals surface area contributed by atoms with Crippen LogP contribution < -0.4 is 5.32 Å². The van der Waals surface area contributed by atoms with Crippen LogP contribution in [0.4, 0.5) is 5.69 Å². The smallest absolute Gasteiger partial charge is 0.0453 e. The second-order valence-electron chi connectivity index (χ2n) is 5.32. The van der Waals surface area contributed by atoms with Crippen molar-refractivity contribution in [2.75, 3.05) is 11.9 Å². The van der Waals surface area contributed by atoms with Crippen molar-refractivity contribution in [1.29, 1.82) is 0 Å². The van der Waals surface area contributed by atoms with Gasteiger partial charge in [-0.15, -0.1) is 0 Å². The Morgan fingerprint density at radius 2 is 2.00 bits per heavy atom. The van der Waals surface area contributed by atoms with Crippen molar-refractivity contribution < 1.29 is 5.11 Å². The van der Waals surface area contributed by atoms with Gasteiger partial charge in [-0.05, 0) is 62.8 Å². The molecule has 2 rings (SSSR count). The van der Waals surface area contributed by atoms with Gasteiger partial charge in [0, 0.05) is 17.8 Å². The number of hydrogen-bond donors (Lipinski definition) is 2. The minimum atomic E-state index is -0.0401. The van der Waals surface area contributed by atoms with Gasteiger partial charge in [0.05, 0.1) is 0 Å². The van der Waals surface area contributed by atoms with Gasteiger partial charge in [-0.1, -0.05) is 6.07 Å². The summed E-state index contributed by atoms with van der Waals surface area (Å²) in [6.45, 7) is 4.47. The summed E-state index contributed by atoms with van der Waals surface area (Å²) in [5, 5.41) is 12.5. The molecule has 0 aliphatic heterocycles. The van der Waals surface area contributed by atoms with Crippen LogP contribution in [0, 0.1) is 0 Å². The predicted octanol–water partition coefficient (Wildman–Crippen LogP) is 2.75. The summed E-state index contributed by atoms with van der Waals surface area (Å²) >= 11 is 0. The fourth-order valence-corrected chi connectivity index (χ4v) is 2.38. The Kier molecular flexibility index (Phi) is 3.20. The van der Waals surface area contributed by atoms with Crippen LogP contribution in [0.5, 0.6) is 0 Å². The van der Waals surface area contributed by atoms with Crippen molar-refractivity contribution in [3.63, 3.8) is 0 Å². The molecule has 16 heavy (non-hydrogen) atoms. The third kappa shape index (κ3) is 2.56. The van der Waals surface area contributed by atoms with Crippen molar-refractivity contribution in [2.24, 2.45) is 0 Å². The molecule has 2 heteroatoms. The van der Waals surface area contributed by atoms with E-state index in [2.05, 4.69) is 37.4 Å². The molecule has 2 nitrogen and oxygen atoms in total. The topological polar surface area (TPSA) is 32.3 Å². The number of aliphatic hydroxyl groups excluding tert-OH is 1. The van der Waals surface area contributed by atoms with E-state index in [4.69, 9.17) is 5.11 Å². The van der Waals surface area contributed by atoms with Gasteiger partial charge in [0.2, 0.25) is 0 Å². The van der Waals surface area contributed by atoms with E-state index in [9.17, 15) is 0 Å². The molecule has 0 heterocycles. The lowest BCUT2D eigenvalue weighted by molar-refractivity contribution is 0.261. The molecule has 0 spiro atoms. The fraction of sp³-hybridized carbons (Fsp3) is 0.571. The molecule has 0 atom stereocenters. The number of aliphatic hydroxyl groups is 1. The van der Waals surface area contributed by atoms with E-state index in [0.717, 1.165) is 6.42 Å². The number of aryl methyl sites for hydroxylation is 2. The standard InChI is InChI=1S/C14H21NO/c1-14(2,8-9-16)15-13-7-6-11-4-3-5-12(11)10-13/h6-7,10,15-16H,3-5,8-9H2,1-2H3. The van der Waals surface area contributed by atoms with Crippen LogP contribution in [0.15, 0.2) is 18.2 Å². The SMILES string of the molecule is CC(C)(CCO)Nc1ccc2c(c1)CCC2. The quantitative estimate of drug-likeness (QED) is 0.816. The van der Waals surface area contributed by atoms with E-state index in [1.807, 2.05) is 0 Å². The lowest BCUT2D eigenvalue weighted by atomic mass is 10.00. The van der Waals surface area contributed by atoms with Gasteiger partial charge < -0.3 is 10.4 Å². The van der Waals surface area contributed by atoms with Crippen molar-refractivity contribution in [1.82, 2.24) is 0 Å². The molecule has 1 aliphatic carbocycles. The van der Waals surface area contributed by atoms with Crippen molar-refractivity contribution in [2.45, 2.75) is 45.1 Å². The normalized spacial score (nSPS) is 14.9. The Bertz CT molecular complexity index is 371. The largest absolute Gasteiger partial charge is 0.396 e. The fourth-order valence-electron chi connectivity index (χ4n) is 2.38. The highest BCUT2D eigenvalue weighted by Gasteiger charge is 2.17. The highest BCUT2D eigenvalue weighted by molar-refractivity contribution is 5.51. The van der Waals surface area contributed by atoms with Gasteiger partial charge >= 0.3 is 0 Å². The number of anilines is 1. The van der Waals surface area contributed by atoms with E-state index in [1.165, 1.54) is 36.1 Å². The van der Waals surface area contributed by atoms with Crippen LogP contribution in [0.1, 0.15) is 37.8 Å². The van der Waals surface area contributed by atoms with Crippen molar-refractivity contribution >= 4 is 5.69 Å². The minimum absolute atomic E-state index is 0.0401. The van der Waals surface area contributed by atoms with Gasteiger partial charge in [0.1, 0.15) is 0 Å². The Labute approximate surface area is 97.7 Å². The molecule has 1 aromatic carbocycles. The predicted molar refractivity (Wildman–Crippen MR) is 67.9 cm³/mol. The Morgan fingerprint density at radius 1 is 1.25 bits per heavy atom. The molecule has 88 valence electrons. The third-order valence-corrected chi connectivity index (χ3v) is 3.32. The van der Waals surface area contributed by atoms with Crippen LogP contribution in [0.25, 0.3) is 0 Å². The van der Waals surface area contributed by atoms with Gasteiger partial charge in [0.25, 0.3) is 0 Å². The minimum Gasteiger partial charge on any atom is -0.396 e. The maximum absolute atomic E-state index is 8.99. The molecule has 0 bridgehead atoms. The molecule has 0 amide bonds. The first-order chi connectivity index (χ1) is 7.61. The van der Waals surface area contributed by atoms with Crippen molar-refractivity contribution in [3.05, 3.63) is 29.3 Å². The van der Waals surface area contributed by atoms with Crippen LogP contribution in [0.3, 0.4) is 0 Å². The van der Waals surface area contributed by atoms with E-state index < -0.39 is 0 Å². The molecule has 0 unspecified atom stereocenters. The van der Waals surface area contributed by atoms with Crippen molar-refractivity contribution in [3.8, 4) is 0 Å². The highest BCUT2D eigenvalue weighted by Crippen LogP contribution is 2.26. The Balaban J connectivity index is 2.10. The van der Waals surface area contributed by atoms with Crippen LogP contribution in [-0.4, -0.2) is 17.3 Å². The zero-order chi connectivity index (χ0) is 11.6. The summed E-state index contributed by atoms with van der Waals surface area (Å²) in [5.74, 6) is 0. The molecule has 0 radical (unpaired) electrons. The molecule has 0 aromatic heterocycles. The van der Waals surface area contributed by atoms with Gasteiger partial charge in [-0.2, -0.15) is 0 Å². The first kappa shape index (κ1) is 11.5. The second-order valence-corrected chi connectivity index (χ2v) is 5.32. The average Bonchev–Trinajstić information content (AvgIpc) is 2.63. The number of fused-ring (bicyclic) bond motifs is 1. The van der Waals surface area contributed by atoms with Crippen LogP contribution in [-0.2, 0) is 12.8 Å².